The zero-order valence-electron chi connectivity index (χ0n) is 15.0. The lowest BCUT2D eigenvalue weighted by atomic mass is 10.2. The molecule has 2 N–H and O–H groups in total. The molecule has 9 heteroatoms. The van der Waals surface area contributed by atoms with Gasteiger partial charge in [0, 0.05) is 17.6 Å². The van der Waals surface area contributed by atoms with Gasteiger partial charge in [-0.1, -0.05) is 45.0 Å². The maximum Gasteiger partial charge on any atom is 0.294 e. The lowest BCUT2D eigenvalue weighted by Crippen LogP contribution is -2.16. The largest absolute Gasteiger partial charge is 0.380 e. The van der Waals surface area contributed by atoms with Crippen molar-refractivity contribution in [2.45, 2.75) is 25.3 Å². The summed E-state index contributed by atoms with van der Waals surface area (Å²) in [6.45, 7) is 5.95. The van der Waals surface area contributed by atoms with Crippen LogP contribution in [0.1, 0.15) is 12.5 Å². The molecule has 0 spiro atoms. The first-order valence-corrected chi connectivity index (χ1v) is 11.2. The number of aryl methyl sites for hydroxylation is 1. The molecule has 3 rings (SSSR count). The minimum Gasteiger partial charge on any atom is -0.380 e. The van der Waals surface area contributed by atoms with Crippen molar-refractivity contribution >= 4 is 47.6 Å². The Morgan fingerprint density at radius 3 is 2.48 bits per heavy atom. The van der Waals surface area contributed by atoms with Crippen molar-refractivity contribution in [3.8, 4) is 0 Å². The first-order chi connectivity index (χ1) is 12.7. The molecule has 2 aromatic carbocycles. The van der Waals surface area contributed by atoms with Crippen LogP contribution in [0.15, 0.2) is 51.8 Å². The summed E-state index contributed by atoms with van der Waals surface area (Å²) in [5, 5.41) is 7.92. The molecule has 6 nitrogen and oxygen atoms in total. The van der Waals surface area contributed by atoms with E-state index in [0.717, 1.165) is 33.4 Å². The SMILES string of the molecule is CCOCCn1c(=N)sc2cc(Br)ccc21.Cc1ccc(S(=O)(=O)O)cc1. The first-order valence-electron chi connectivity index (χ1n) is 8.17. The number of rotatable bonds is 5. The highest BCUT2D eigenvalue weighted by atomic mass is 79.9. The van der Waals surface area contributed by atoms with E-state index in [-0.39, 0.29) is 4.90 Å². The number of hydrogen-bond acceptors (Lipinski definition) is 5. The quantitative estimate of drug-likeness (QED) is 0.429. The van der Waals surface area contributed by atoms with Crippen LogP contribution >= 0.6 is 27.3 Å². The smallest absolute Gasteiger partial charge is 0.294 e. The number of benzene rings is 2. The molecule has 0 atom stereocenters. The van der Waals surface area contributed by atoms with Crippen LogP contribution in [0, 0.1) is 12.3 Å². The van der Waals surface area contributed by atoms with E-state index in [9.17, 15) is 8.42 Å². The van der Waals surface area contributed by atoms with Crippen molar-refractivity contribution in [3.05, 3.63) is 57.3 Å². The molecule has 0 unspecified atom stereocenters. The molecule has 0 aliphatic rings. The van der Waals surface area contributed by atoms with Crippen molar-refractivity contribution in [1.29, 1.82) is 5.41 Å². The molecule has 0 aliphatic heterocycles. The average molecular weight is 473 g/mol. The predicted molar refractivity (Wildman–Crippen MR) is 111 cm³/mol. The van der Waals surface area contributed by atoms with Crippen LogP contribution in [0.2, 0.25) is 0 Å². The first kappa shape index (κ1) is 21.8. The fourth-order valence-corrected chi connectivity index (χ4v) is 4.26. The molecule has 0 amide bonds. The van der Waals surface area contributed by atoms with E-state index in [4.69, 9.17) is 14.7 Å². The van der Waals surface area contributed by atoms with Crippen molar-refractivity contribution in [1.82, 2.24) is 4.57 Å². The molecule has 0 aliphatic carbocycles. The van der Waals surface area contributed by atoms with Gasteiger partial charge in [0.05, 0.1) is 21.7 Å². The molecule has 0 saturated carbocycles. The third-order valence-electron chi connectivity index (χ3n) is 3.65. The minimum atomic E-state index is -4.02. The summed E-state index contributed by atoms with van der Waals surface area (Å²) in [7, 11) is -4.02. The molecule has 146 valence electrons. The molecule has 0 fully saturated rings. The van der Waals surface area contributed by atoms with Crippen LogP contribution in [0.5, 0.6) is 0 Å². The predicted octanol–water partition coefficient (Wildman–Crippen LogP) is 4.22. The van der Waals surface area contributed by atoms with Gasteiger partial charge in [0.25, 0.3) is 10.1 Å². The van der Waals surface area contributed by atoms with Crippen molar-refractivity contribution in [2.75, 3.05) is 13.2 Å². The maximum atomic E-state index is 10.5. The number of nitrogens with zero attached hydrogens (tertiary/aromatic N) is 1. The van der Waals surface area contributed by atoms with Gasteiger partial charge in [-0.3, -0.25) is 9.96 Å². The Morgan fingerprint density at radius 1 is 1.22 bits per heavy atom. The summed E-state index contributed by atoms with van der Waals surface area (Å²) in [6.07, 6.45) is 0. The molecule has 0 radical (unpaired) electrons. The van der Waals surface area contributed by atoms with E-state index in [1.54, 1.807) is 12.1 Å². The van der Waals surface area contributed by atoms with Crippen LogP contribution in [-0.4, -0.2) is 30.8 Å². The van der Waals surface area contributed by atoms with Gasteiger partial charge in [-0.25, -0.2) is 0 Å². The van der Waals surface area contributed by atoms with Crippen LogP contribution in [-0.2, 0) is 21.4 Å². The number of thiazole rings is 1. The van der Waals surface area contributed by atoms with Gasteiger partial charge in [0.15, 0.2) is 4.80 Å². The second-order valence-electron chi connectivity index (χ2n) is 5.66. The van der Waals surface area contributed by atoms with E-state index in [1.807, 2.05) is 30.5 Å². The monoisotopic (exact) mass is 472 g/mol. The number of hydrogen-bond donors (Lipinski definition) is 2. The van der Waals surface area contributed by atoms with Gasteiger partial charge in [-0.2, -0.15) is 8.42 Å². The fraction of sp³-hybridized carbons (Fsp3) is 0.278. The third-order valence-corrected chi connectivity index (χ3v) is 5.97. The Labute approximate surface area is 170 Å². The van der Waals surface area contributed by atoms with E-state index in [1.165, 1.54) is 23.5 Å². The normalized spacial score (nSPS) is 11.3. The number of fused-ring (bicyclic) bond motifs is 1. The summed E-state index contributed by atoms with van der Waals surface area (Å²) in [6, 6.07) is 12.1. The van der Waals surface area contributed by atoms with E-state index in [0.29, 0.717) is 11.4 Å². The van der Waals surface area contributed by atoms with Crippen molar-refractivity contribution in [2.24, 2.45) is 0 Å². The van der Waals surface area contributed by atoms with Crippen LogP contribution in [0.4, 0.5) is 0 Å². The van der Waals surface area contributed by atoms with Gasteiger partial charge in [-0.15, -0.1) is 0 Å². The Kier molecular flexibility index (Phi) is 7.75. The number of ether oxygens (including phenoxy) is 1. The lowest BCUT2D eigenvalue weighted by Gasteiger charge is -2.04. The van der Waals surface area contributed by atoms with E-state index >= 15 is 0 Å². The van der Waals surface area contributed by atoms with Crippen LogP contribution in [0.25, 0.3) is 10.2 Å². The number of aromatic nitrogens is 1. The zero-order chi connectivity index (χ0) is 20.0. The molecular weight excluding hydrogens is 452 g/mol. The number of nitrogens with one attached hydrogen (secondary N) is 1. The lowest BCUT2D eigenvalue weighted by molar-refractivity contribution is 0.139. The summed E-state index contributed by atoms with van der Waals surface area (Å²) in [5.74, 6) is 0. The van der Waals surface area contributed by atoms with Crippen molar-refractivity contribution < 1.29 is 17.7 Å². The molecule has 1 aromatic heterocycles. The maximum absolute atomic E-state index is 10.5. The summed E-state index contributed by atoms with van der Waals surface area (Å²) >= 11 is 4.94. The molecule has 3 aromatic rings. The van der Waals surface area contributed by atoms with Gasteiger partial charge in [0.1, 0.15) is 0 Å². The second-order valence-corrected chi connectivity index (χ2v) is 9.02. The second kappa shape index (κ2) is 9.61. The van der Waals surface area contributed by atoms with Gasteiger partial charge in [0.2, 0.25) is 0 Å². The van der Waals surface area contributed by atoms with Gasteiger partial charge in [-0.05, 0) is 44.2 Å². The Morgan fingerprint density at radius 2 is 1.89 bits per heavy atom. The van der Waals surface area contributed by atoms with Gasteiger partial charge < -0.3 is 9.30 Å². The van der Waals surface area contributed by atoms with Crippen molar-refractivity contribution in [3.63, 3.8) is 0 Å². The third kappa shape index (κ3) is 6.25. The Hall–Kier alpha value is -1.52. The number of halogens is 1. The summed E-state index contributed by atoms with van der Waals surface area (Å²) in [5.41, 5.74) is 2.07. The fourth-order valence-electron chi connectivity index (χ4n) is 2.29. The average Bonchev–Trinajstić information content (AvgIpc) is 2.90. The van der Waals surface area contributed by atoms with Crippen LogP contribution < -0.4 is 4.80 Å². The van der Waals surface area contributed by atoms with E-state index in [2.05, 4.69) is 22.0 Å². The zero-order valence-corrected chi connectivity index (χ0v) is 18.2. The molecule has 1 heterocycles. The Bertz CT molecular complexity index is 1060. The highest BCUT2D eigenvalue weighted by molar-refractivity contribution is 9.10. The topological polar surface area (TPSA) is 92.4 Å². The van der Waals surface area contributed by atoms with Crippen LogP contribution in [0.3, 0.4) is 0 Å². The standard InChI is InChI=1S/C11H13BrN2OS.C7H8O3S/c1-2-15-6-5-14-9-4-3-8(12)7-10(9)16-11(14)13;1-6-2-4-7(5-3-6)11(8,9)10/h3-4,7,13H,2,5-6H2,1H3;2-5H,1H3,(H,8,9,10). The molecule has 27 heavy (non-hydrogen) atoms. The molecule has 0 bridgehead atoms. The highest BCUT2D eigenvalue weighted by Crippen LogP contribution is 2.21. The molecule has 0 saturated heterocycles. The summed E-state index contributed by atoms with van der Waals surface area (Å²) in [4.78, 5) is 0.510. The van der Waals surface area contributed by atoms with Gasteiger partial charge >= 0.3 is 0 Å². The summed E-state index contributed by atoms with van der Waals surface area (Å²) < 4.78 is 39.1. The highest BCUT2D eigenvalue weighted by Gasteiger charge is 2.07. The minimum absolute atomic E-state index is 0.0666. The Balaban J connectivity index is 0.000000208. The molecular formula is C18H21BrN2O4S2. The van der Waals surface area contributed by atoms with E-state index < -0.39 is 10.1 Å².